The van der Waals surface area contributed by atoms with Crippen molar-refractivity contribution in [2.24, 2.45) is 0 Å². The first kappa shape index (κ1) is 23.8. The van der Waals surface area contributed by atoms with Crippen LogP contribution < -0.4 is 14.4 Å². The zero-order valence-corrected chi connectivity index (χ0v) is 20.6. The number of amides is 1. The average molecular weight is 479 g/mol. The number of nitrogens with zero attached hydrogens (tertiary/aromatic N) is 1. The molecule has 1 aliphatic carbocycles. The second-order valence-corrected chi connectivity index (χ2v) is 10.6. The highest BCUT2D eigenvalue weighted by Crippen LogP contribution is 2.26. The van der Waals surface area contributed by atoms with Crippen molar-refractivity contribution in [1.82, 2.24) is 5.32 Å². The Labute approximate surface area is 201 Å². The van der Waals surface area contributed by atoms with E-state index < -0.39 is 10.0 Å². The van der Waals surface area contributed by atoms with E-state index in [4.69, 9.17) is 4.74 Å². The van der Waals surface area contributed by atoms with Crippen LogP contribution in [0.5, 0.6) is 5.75 Å². The van der Waals surface area contributed by atoms with E-state index in [-0.39, 0.29) is 16.8 Å². The van der Waals surface area contributed by atoms with Crippen LogP contribution in [-0.2, 0) is 22.9 Å². The van der Waals surface area contributed by atoms with Gasteiger partial charge in [0.1, 0.15) is 5.75 Å². The second kappa shape index (κ2) is 9.89. The molecule has 3 aromatic rings. The molecule has 34 heavy (non-hydrogen) atoms. The van der Waals surface area contributed by atoms with E-state index in [9.17, 15) is 13.2 Å². The summed E-state index contributed by atoms with van der Waals surface area (Å²) in [6.45, 7) is 1.98. The first-order chi connectivity index (χ1) is 16.3. The molecule has 0 saturated heterocycles. The molecule has 0 saturated carbocycles. The predicted molar refractivity (Wildman–Crippen MR) is 134 cm³/mol. The number of methoxy groups -OCH3 is 1. The fraction of sp³-hybridized carbons (Fsp3) is 0.296. The first-order valence-corrected chi connectivity index (χ1v) is 12.9. The lowest BCUT2D eigenvalue weighted by Crippen LogP contribution is -2.28. The Kier molecular flexibility index (Phi) is 6.93. The molecular formula is C27H30N2O4S. The van der Waals surface area contributed by atoms with Gasteiger partial charge in [0, 0.05) is 12.6 Å². The molecule has 0 heterocycles. The summed E-state index contributed by atoms with van der Waals surface area (Å²) in [7, 11) is -0.714. The van der Waals surface area contributed by atoms with Gasteiger partial charge in [0.05, 0.1) is 23.7 Å². The maximum absolute atomic E-state index is 13.0. The summed E-state index contributed by atoms with van der Waals surface area (Å²) in [5.74, 6) is 0.388. The van der Waals surface area contributed by atoms with Crippen molar-refractivity contribution in [1.29, 1.82) is 0 Å². The van der Waals surface area contributed by atoms with Crippen molar-refractivity contribution in [2.45, 2.75) is 43.5 Å². The number of aryl methyl sites for hydroxylation is 2. The number of anilines is 1. The zero-order valence-electron chi connectivity index (χ0n) is 19.7. The molecule has 1 N–H and O–H groups in total. The Morgan fingerprint density at radius 1 is 0.941 bits per heavy atom. The van der Waals surface area contributed by atoms with Gasteiger partial charge in [0.2, 0.25) is 0 Å². The van der Waals surface area contributed by atoms with E-state index in [1.807, 2.05) is 6.92 Å². The fourth-order valence-corrected chi connectivity index (χ4v) is 5.45. The number of carbonyl (C=O) groups is 1. The van der Waals surface area contributed by atoms with Crippen LogP contribution in [0.4, 0.5) is 5.69 Å². The van der Waals surface area contributed by atoms with Crippen LogP contribution in [0, 0.1) is 0 Å². The van der Waals surface area contributed by atoms with Crippen molar-refractivity contribution in [3.8, 4) is 5.75 Å². The van der Waals surface area contributed by atoms with Crippen molar-refractivity contribution < 1.29 is 17.9 Å². The molecule has 3 aromatic carbocycles. The van der Waals surface area contributed by atoms with E-state index in [0.29, 0.717) is 17.0 Å². The number of sulfonamides is 1. The Morgan fingerprint density at radius 3 is 2.24 bits per heavy atom. The predicted octanol–water partition coefficient (Wildman–Crippen LogP) is 4.89. The smallest absolute Gasteiger partial charge is 0.264 e. The molecule has 4 rings (SSSR count). The summed E-state index contributed by atoms with van der Waals surface area (Å²) >= 11 is 0. The normalized spacial score (nSPS) is 14.1. The monoisotopic (exact) mass is 478 g/mol. The highest BCUT2D eigenvalue weighted by molar-refractivity contribution is 7.92. The number of hydrogen-bond donors (Lipinski definition) is 1. The van der Waals surface area contributed by atoms with Gasteiger partial charge in [-0.2, -0.15) is 0 Å². The van der Waals surface area contributed by atoms with E-state index >= 15 is 0 Å². The third kappa shape index (κ3) is 4.94. The number of benzene rings is 3. The largest absolute Gasteiger partial charge is 0.497 e. The maximum atomic E-state index is 13.0. The van der Waals surface area contributed by atoms with Crippen LogP contribution >= 0.6 is 0 Å². The molecular weight excluding hydrogens is 448 g/mol. The Hall–Kier alpha value is -3.32. The van der Waals surface area contributed by atoms with Gasteiger partial charge in [0.15, 0.2) is 0 Å². The topological polar surface area (TPSA) is 75.7 Å². The lowest BCUT2D eigenvalue weighted by Gasteiger charge is -2.21. The van der Waals surface area contributed by atoms with Gasteiger partial charge < -0.3 is 10.1 Å². The molecule has 1 atom stereocenters. The average Bonchev–Trinajstić information content (AvgIpc) is 2.88. The summed E-state index contributed by atoms with van der Waals surface area (Å²) in [5, 5.41) is 3.05. The highest BCUT2D eigenvalue weighted by atomic mass is 32.2. The lowest BCUT2D eigenvalue weighted by molar-refractivity contribution is 0.0940. The summed E-state index contributed by atoms with van der Waals surface area (Å²) < 4.78 is 32.2. The van der Waals surface area contributed by atoms with Crippen LogP contribution in [0.15, 0.2) is 71.6 Å². The van der Waals surface area contributed by atoms with Crippen LogP contribution in [0.2, 0.25) is 0 Å². The fourth-order valence-electron chi connectivity index (χ4n) is 4.25. The van der Waals surface area contributed by atoms with E-state index in [1.165, 1.54) is 54.6 Å². The molecule has 0 fully saturated rings. The first-order valence-electron chi connectivity index (χ1n) is 11.4. The molecule has 0 unspecified atom stereocenters. The summed E-state index contributed by atoms with van der Waals surface area (Å²) in [4.78, 5) is 13.0. The molecule has 1 aliphatic rings. The molecule has 0 radical (unpaired) electrons. The minimum atomic E-state index is -3.74. The summed E-state index contributed by atoms with van der Waals surface area (Å²) in [6.07, 6.45) is 4.68. The zero-order chi connectivity index (χ0) is 24.3. The Balaban J connectivity index is 1.44. The van der Waals surface area contributed by atoms with E-state index in [1.54, 1.807) is 36.4 Å². The van der Waals surface area contributed by atoms with Gasteiger partial charge in [-0.25, -0.2) is 8.42 Å². The molecule has 6 nitrogen and oxygen atoms in total. The lowest BCUT2D eigenvalue weighted by atomic mass is 9.89. The van der Waals surface area contributed by atoms with Crippen molar-refractivity contribution >= 4 is 21.6 Å². The molecule has 0 spiro atoms. The van der Waals surface area contributed by atoms with Crippen LogP contribution in [0.1, 0.15) is 52.9 Å². The van der Waals surface area contributed by atoms with Crippen LogP contribution in [0.3, 0.4) is 0 Å². The van der Waals surface area contributed by atoms with E-state index in [0.717, 1.165) is 18.4 Å². The van der Waals surface area contributed by atoms with Gasteiger partial charge in [-0.05, 0) is 97.8 Å². The van der Waals surface area contributed by atoms with Gasteiger partial charge in [0.25, 0.3) is 15.9 Å². The molecule has 0 aromatic heterocycles. The molecule has 0 bridgehead atoms. The Bertz CT molecular complexity index is 1270. The number of nitrogens with one attached hydrogen (secondary N) is 1. The van der Waals surface area contributed by atoms with Crippen LogP contribution in [0.25, 0.3) is 0 Å². The van der Waals surface area contributed by atoms with Crippen molar-refractivity contribution in [3.63, 3.8) is 0 Å². The number of ether oxygens (including phenoxy) is 1. The quantitative estimate of drug-likeness (QED) is 0.525. The summed E-state index contributed by atoms with van der Waals surface area (Å²) in [5.41, 5.74) is 4.84. The van der Waals surface area contributed by atoms with Crippen LogP contribution in [-0.4, -0.2) is 28.5 Å². The SMILES string of the molecule is COc1ccc(S(=O)(=O)N(C)c2ccc(C(=O)N[C@H](C)c3ccc4c(c3)CCCC4)cc2)cc1. The third-order valence-electron chi connectivity index (χ3n) is 6.43. The minimum Gasteiger partial charge on any atom is -0.497 e. The second-order valence-electron chi connectivity index (χ2n) is 8.63. The maximum Gasteiger partial charge on any atom is 0.264 e. The van der Waals surface area contributed by atoms with Gasteiger partial charge in [-0.15, -0.1) is 0 Å². The molecule has 178 valence electrons. The standard InChI is InChI=1S/C27H30N2O4S/c1-19(22-9-8-20-6-4-5-7-23(20)18-22)28-27(30)21-10-12-24(13-11-21)29(2)34(31,32)26-16-14-25(33-3)15-17-26/h8-19H,4-7H2,1-3H3,(H,28,30)/t19-/m1/s1. The third-order valence-corrected chi connectivity index (χ3v) is 8.23. The van der Waals surface area contributed by atoms with Gasteiger partial charge >= 0.3 is 0 Å². The minimum absolute atomic E-state index is 0.127. The number of hydrogen-bond acceptors (Lipinski definition) is 4. The van der Waals surface area contributed by atoms with E-state index in [2.05, 4.69) is 23.5 Å². The van der Waals surface area contributed by atoms with Gasteiger partial charge in [-0.3, -0.25) is 9.10 Å². The van der Waals surface area contributed by atoms with Gasteiger partial charge in [-0.1, -0.05) is 18.2 Å². The molecule has 7 heteroatoms. The number of rotatable bonds is 7. The van der Waals surface area contributed by atoms with Crippen molar-refractivity contribution in [2.75, 3.05) is 18.5 Å². The highest BCUT2D eigenvalue weighted by Gasteiger charge is 2.22. The summed E-state index contributed by atoms with van der Waals surface area (Å²) in [6, 6.07) is 19.2. The Morgan fingerprint density at radius 2 is 1.59 bits per heavy atom. The number of fused-ring (bicyclic) bond motifs is 1. The number of carbonyl (C=O) groups excluding carboxylic acids is 1. The molecule has 0 aliphatic heterocycles. The molecule has 1 amide bonds. The van der Waals surface area contributed by atoms with Crippen molar-refractivity contribution in [3.05, 3.63) is 89.0 Å².